The van der Waals surface area contributed by atoms with E-state index in [1.165, 1.54) is 11.1 Å². The number of anilines is 1. The molecule has 1 aliphatic rings. The van der Waals surface area contributed by atoms with Crippen LogP contribution < -0.4 is 14.8 Å². The van der Waals surface area contributed by atoms with E-state index >= 15 is 0 Å². The zero-order valence-electron chi connectivity index (χ0n) is 22.7. The van der Waals surface area contributed by atoms with Crippen LogP contribution in [0.2, 0.25) is 0 Å². The van der Waals surface area contributed by atoms with Gasteiger partial charge in [0.2, 0.25) is 0 Å². The number of hydrogen-bond acceptors (Lipinski definition) is 5. The summed E-state index contributed by atoms with van der Waals surface area (Å²) in [5.74, 6) is 0.898. The molecule has 0 spiro atoms. The third kappa shape index (κ3) is 6.67. The van der Waals surface area contributed by atoms with Gasteiger partial charge in [-0.15, -0.1) is 0 Å². The number of carbonyl (C=O) groups is 1. The molecule has 0 atom stereocenters. The van der Waals surface area contributed by atoms with E-state index in [2.05, 4.69) is 63.1 Å². The first-order valence-electron chi connectivity index (χ1n) is 13.6. The SMILES string of the molecule is COc1ccccc1OCC(=O)Nc1cc(C)c2c(c1)ncn2CCCCN1CC=C(c2ccccc2)CC1. The standard InChI is InChI=1S/C32H36N4O3/c1-24-20-27(34-31(37)22-39-30-13-7-6-12-29(30)38-2)21-28-32(24)36(23-33-28)17-9-8-16-35-18-14-26(15-19-35)25-10-4-3-5-11-25/h3-7,10-14,20-21,23H,8-9,15-19,22H2,1-2H3,(H,34,37). The van der Waals surface area contributed by atoms with Gasteiger partial charge < -0.3 is 19.4 Å². The Bertz CT molecular complexity index is 1440. The fourth-order valence-corrected chi connectivity index (χ4v) is 5.19. The Hall–Kier alpha value is -4.10. The number of carbonyl (C=O) groups excluding carboxylic acids is 1. The van der Waals surface area contributed by atoms with Crippen molar-refractivity contribution in [1.82, 2.24) is 14.5 Å². The summed E-state index contributed by atoms with van der Waals surface area (Å²) in [4.78, 5) is 19.7. The number of para-hydroxylation sites is 2. The van der Waals surface area contributed by atoms with Crippen molar-refractivity contribution in [2.45, 2.75) is 32.7 Å². The van der Waals surface area contributed by atoms with Crippen molar-refractivity contribution in [3.05, 3.63) is 90.3 Å². The molecule has 0 radical (unpaired) electrons. The van der Waals surface area contributed by atoms with Gasteiger partial charge in [-0.2, -0.15) is 0 Å². The number of nitrogens with one attached hydrogen (secondary N) is 1. The lowest BCUT2D eigenvalue weighted by Gasteiger charge is -2.26. The summed E-state index contributed by atoms with van der Waals surface area (Å²) in [5.41, 5.74) is 6.61. The molecule has 1 aromatic heterocycles. The maximum absolute atomic E-state index is 12.5. The number of aryl methyl sites for hydroxylation is 2. The Labute approximate surface area is 230 Å². The molecule has 0 bridgehead atoms. The molecule has 7 nitrogen and oxygen atoms in total. The molecule has 7 heteroatoms. The molecular formula is C32H36N4O3. The monoisotopic (exact) mass is 524 g/mol. The molecule has 1 aliphatic heterocycles. The average molecular weight is 525 g/mol. The lowest BCUT2D eigenvalue weighted by atomic mass is 9.99. The van der Waals surface area contributed by atoms with E-state index in [1.807, 2.05) is 30.6 Å². The summed E-state index contributed by atoms with van der Waals surface area (Å²) in [6.07, 6.45) is 7.64. The number of methoxy groups -OCH3 is 1. The summed E-state index contributed by atoms with van der Waals surface area (Å²) in [6.45, 7) is 6.13. The maximum Gasteiger partial charge on any atom is 0.262 e. The van der Waals surface area contributed by atoms with E-state index in [0.717, 1.165) is 62.0 Å². The Kier molecular flexibility index (Phi) is 8.58. The van der Waals surface area contributed by atoms with Crippen LogP contribution in [-0.2, 0) is 11.3 Å². The van der Waals surface area contributed by atoms with Crippen molar-refractivity contribution in [1.29, 1.82) is 0 Å². The summed E-state index contributed by atoms with van der Waals surface area (Å²) in [7, 11) is 1.58. The molecule has 0 saturated carbocycles. The Morgan fingerprint density at radius 2 is 1.77 bits per heavy atom. The summed E-state index contributed by atoms with van der Waals surface area (Å²) < 4.78 is 13.1. The highest BCUT2D eigenvalue weighted by Crippen LogP contribution is 2.27. The first-order valence-corrected chi connectivity index (χ1v) is 13.6. The van der Waals surface area contributed by atoms with E-state index in [1.54, 1.807) is 19.2 Å². The third-order valence-electron chi connectivity index (χ3n) is 7.18. The first-order chi connectivity index (χ1) is 19.1. The Morgan fingerprint density at radius 1 is 1.00 bits per heavy atom. The lowest BCUT2D eigenvalue weighted by Crippen LogP contribution is -2.29. The number of benzene rings is 3. The second-order valence-electron chi connectivity index (χ2n) is 9.94. The minimum Gasteiger partial charge on any atom is -0.493 e. The highest BCUT2D eigenvalue weighted by Gasteiger charge is 2.14. The topological polar surface area (TPSA) is 68.6 Å². The van der Waals surface area contributed by atoms with Crippen molar-refractivity contribution >= 4 is 28.2 Å². The minimum absolute atomic E-state index is 0.105. The quantitative estimate of drug-likeness (QED) is 0.246. The van der Waals surface area contributed by atoms with Gasteiger partial charge in [-0.1, -0.05) is 48.5 Å². The highest BCUT2D eigenvalue weighted by molar-refractivity contribution is 5.94. The van der Waals surface area contributed by atoms with E-state index < -0.39 is 0 Å². The smallest absolute Gasteiger partial charge is 0.262 e. The number of hydrogen-bond donors (Lipinski definition) is 1. The molecule has 0 aliphatic carbocycles. The second kappa shape index (κ2) is 12.6. The number of unbranched alkanes of at least 4 members (excludes halogenated alkanes) is 1. The van der Waals surface area contributed by atoms with Gasteiger partial charge in [0, 0.05) is 25.3 Å². The molecule has 3 aromatic carbocycles. The summed E-state index contributed by atoms with van der Waals surface area (Å²) in [5, 5.41) is 2.93. The molecule has 202 valence electrons. The van der Waals surface area contributed by atoms with E-state index in [0.29, 0.717) is 17.2 Å². The number of nitrogens with zero attached hydrogens (tertiary/aromatic N) is 3. The zero-order chi connectivity index (χ0) is 27.0. The number of aromatic nitrogens is 2. The molecule has 2 heterocycles. The normalized spacial score (nSPS) is 13.7. The maximum atomic E-state index is 12.5. The minimum atomic E-state index is -0.234. The van der Waals surface area contributed by atoms with Crippen LogP contribution in [0, 0.1) is 6.92 Å². The molecule has 1 N–H and O–H groups in total. The Morgan fingerprint density at radius 3 is 2.54 bits per heavy atom. The molecule has 0 saturated heterocycles. The van der Waals surface area contributed by atoms with Crippen LogP contribution in [0.25, 0.3) is 16.6 Å². The fraction of sp³-hybridized carbons (Fsp3) is 0.312. The highest BCUT2D eigenvalue weighted by atomic mass is 16.5. The van der Waals surface area contributed by atoms with Gasteiger partial charge in [0.05, 0.1) is 24.5 Å². The van der Waals surface area contributed by atoms with Gasteiger partial charge in [-0.25, -0.2) is 4.98 Å². The Balaban J connectivity index is 1.10. The predicted molar refractivity (Wildman–Crippen MR) is 156 cm³/mol. The zero-order valence-corrected chi connectivity index (χ0v) is 22.7. The van der Waals surface area contributed by atoms with Crippen LogP contribution in [-0.4, -0.2) is 53.7 Å². The third-order valence-corrected chi connectivity index (χ3v) is 7.18. The summed E-state index contributed by atoms with van der Waals surface area (Å²) in [6, 6.07) is 21.9. The van der Waals surface area contributed by atoms with Gasteiger partial charge in [-0.3, -0.25) is 9.69 Å². The van der Waals surface area contributed by atoms with Gasteiger partial charge in [-0.05, 0) is 73.7 Å². The predicted octanol–water partition coefficient (Wildman–Crippen LogP) is 5.94. The molecule has 39 heavy (non-hydrogen) atoms. The van der Waals surface area contributed by atoms with E-state index in [9.17, 15) is 4.79 Å². The van der Waals surface area contributed by atoms with Crippen LogP contribution in [0.1, 0.15) is 30.4 Å². The van der Waals surface area contributed by atoms with Crippen molar-refractivity contribution in [2.24, 2.45) is 0 Å². The first kappa shape index (κ1) is 26.5. The number of fused-ring (bicyclic) bond motifs is 1. The molecule has 0 unspecified atom stereocenters. The van der Waals surface area contributed by atoms with E-state index in [4.69, 9.17) is 9.47 Å². The molecule has 5 rings (SSSR count). The van der Waals surface area contributed by atoms with Crippen molar-refractivity contribution in [3.8, 4) is 11.5 Å². The van der Waals surface area contributed by atoms with Crippen LogP contribution in [0.3, 0.4) is 0 Å². The van der Waals surface area contributed by atoms with E-state index in [-0.39, 0.29) is 12.5 Å². The molecule has 1 amide bonds. The largest absolute Gasteiger partial charge is 0.493 e. The fourth-order valence-electron chi connectivity index (χ4n) is 5.19. The van der Waals surface area contributed by atoms with Crippen LogP contribution in [0.5, 0.6) is 11.5 Å². The van der Waals surface area contributed by atoms with Crippen LogP contribution in [0.4, 0.5) is 5.69 Å². The van der Waals surface area contributed by atoms with Crippen LogP contribution >= 0.6 is 0 Å². The molecule has 4 aromatic rings. The molecule has 0 fully saturated rings. The summed E-state index contributed by atoms with van der Waals surface area (Å²) >= 11 is 0. The second-order valence-corrected chi connectivity index (χ2v) is 9.94. The lowest BCUT2D eigenvalue weighted by molar-refractivity contribution is -0.118. The number of rotatable bonds is 11. The average Bonchev–Trinajstić information content (AvgIpc) is 3.38. The van der Waals surface area contributed by atoms with Crippen molar-refractivity contribution < 1.29 is 14.3 Å². The van der Waals surface area contributed by atoms with Gasteiger partial charge in [0.1, 0.15) is 0 Å². The van der Waals surface area contributed by atoms with Gasteiger partial charge in [0.15, 0.2) is 18.1 Å². The van der Waals surface area contributed by atoms with Crippen molar-refractivity contribution in [2.75, 3.05) is 38.7 Å². The number of ether oxygens (including phenoxy) is 2. The number of imidazole rings is 1. The number of amides is 1. The van der Waals surface area contributed by atoms with Gasteiger partial charge >= 0.3 is 0 Å². The van der Waals surface area contributed by atoms with Crippen molar-refractivity contribution in [3.63, 3.8) is 0 Å². The van der Waals surface area contributed by atoms with Gasteiger partial charge in [0.25, 0.3) is 5.91 Å². The molecular weight excluding hydrogens is 488 g/mol. The van der Waals surface area contributed by atoms with Crippen LogP contribution in [0.15, 0.2) is 79.1 Å².